The molecule has 0 aliphatic rings. The second-order valence-electron chi connectivity index (χ2n) is 4.92. The molecule has 0 radical (unpaired) electrons. The number of aromatic nitrogens is 2. The monoisotopic (exact) mass is 288 g/mol. The molecular formula is C15H20N4O2. The summed E-state index contributed by atoms with van der Waals surface area (Å²) in [6.07, 6.45) is 1.92. The number of nitrogens with one attached hydrogen (secondary N) is 1. The maximum absolute atomic E-state index is 11.5. The van der Waals surface area contributed by atoms with Gasteiger partial charge in [0.25, 0.3) is 0 Å². The molecule has 0 fully saturated rings. The Morgan fingerprint density at radius 1 is 1.33 bits per heavy atom. The average Bonchev–Trinajstić information content (AvgIpc) is 2.77. The third kappa shape index (κ3) is 3.81. The maximum atomic E-state index is 11.5. The van der Waals surface area contributed by atoms with E-state index >= 15 is 0 Å². The summed E-state index contributed by atoms with van der Waals surface area (Å²) in [7, 11) is 0. The minimum Gasteiger partial charge on any atom is -0.368 e. The minimum absolute atomic E-state index is 0.0371. The van der Waals surface area contributed by atoms with Crippen LogP contribution >= 0.6 is 0 Å². The Labute approximate surface area is 123 Å². The van der Waals surface area contributed by atoms with Crippen LogP contribution in [0.15, 0.2) is 24.3 Å². The molecule has 112 valence electrons. The molecule has 1 aromatic carbocycles. The maximum Gasteiger partial charge on any atom is 0.237 e. The Hall–Kier alpha value is -2.37. The summed E-state index contributed by atoms with van der Waals surface area (Å²) in [6.45, 7) is 2.56. The Balaban J connectivity index is 2.14. The fourth-order valence-corrected chi connectivity index (χ4v) is 2.28. The predicted octanol–water partition coefficient (Wildman–Crippen LogP) is 0.980. The van der Waals surface area contributed by atoms with Gasteiger partial charge in [-0.2, -0.15) is 0 Å². The van der Waals surface area contributed by atoms with E-state index in [0.29, 0.717) is 19.4 Å². The van der Waals surface area contributed by atoms with E-state index < -0.39 is 5.91 Å². The number of imidazole rings is 1. The molecule has 3 N–H and O–H groups in total. The van der Waals surface area contributed by atoms with E-state index in [1.807, 2.05) is 35.8 Å². The number of nitrogens with two attached hydrogens (primary N) is 1. The van der Waals surface area contributed by atoms with Gasteiger partial charge in [-0.25, -0.2) is 4.98 Å². The molecule has 2 aromatic rings. The molecule has 0 atom stereocenters. The number of carbonyl (C=O) groups is 2. The van der Waals surface area contributed by atoms with E-state index in [1.54, 1.807) is 0 Å². The summed E-state index contributed by atoms with van der Waals surface area (Å²) in [5.74, 6) is 0.385. The molecule has 0 unspecified atom stereocenters. The highest BCUT2D eigenvalue weighted by Crippen LogP contribution is 2.16. The first-order valence-electron chi connectivity index (χ1n) is 7.11. The van der Waals surface area contributed by atoms with Gasteiger partial charge in [0.2, 0.25) is 11.8 Å². The van der Waals surface area contributed by atoms with Gasteiger partial charge in [-0.3, -0.25) is 9.59 Å². The highest BCUT2D eigenvalue weighted by molar-refractivity contribution is 5.80. The van der Waals surface area contributed by atoms with Crippen LogP contribution in [-0.2, 0) is 22.6 Å². The van der Waals surface area contributed by atoms with Gasteiger partial charge < -0.3 is 15.6 Å². The molecular weight excluding hydrogens is 268 g/mol. The second-order valence-corrected chi connectivity index (χ2v) is 4.92. The lowest BCUT2D eigenvalue weighted by Gasteiger charge is -2.07. The number of amides is 2. The van der Waals surface area contributed by atoms with Gasteiger partial charge in [-0.05, 0) is 18.6 Å². The van der Waals surface area contributed by atoms with Crippen LogP contribution in [0.1, 0.15) is 25.6 Å². The summed E-state index contributed by atoms with van der Waals surface area (Å²) in [5.41, 5.74) is 7.01. The van der Waals surface area contributed by atoms with E-state index in [0.717, 1.165) is 23.3 Å². The van der Waals surface area contributed by atoms with Crippen LogP contribution < -0.4 is 11.1 Å². The Morgan fingerprint density at radius 3 is 2.81 bits per heavy atom. The molecule has 0 aliphatic carbocycles. The van der Waals surface area contributed by atoms with E-state index in [-0.39, 0.29) is 12.5 Å². The fourth-order valence-electron chi connectivity index (χ4n) is 2.28. The number of primary amides is 1. The Kier molecular flexibility index (Phi) is 4.92. The van der Waals surface area contributed by atoms with Crippen LogP contribution in [-0.4, -0.2) is 27.9 Å². The highest BCUT2D eigenvalue weighted by atomic mass is 16.2. The van der Waals surface area contributed by atoms with E-state index in [4.69, 9.17) is 5.73 Å². The van der Waals surface area contributed by atoms with Gasteiger partial charge in [0.1, 0.15) is 12.4 Å². The topological polar surface area (TPSA) is 90.0 Å². The zero-order valence-electron chi connectivity index (χ0n) is 12.1. The number of nitrogens with zero attached hydrogens (tertiary/aromatic N) is 2. The van der Waals surface area contributed by atoms with Gasteiger partial charge >= 0.3 is 0 Å². The van der Waals surface area contributed by atoms with Crippen LogP contribution in [0.2, 0.25) is 0 Å². The third-order valence-electron chi connectivity index (χ3n) is 3.20. The lowest BCUT2D eigenvalue weighted by atomic mass is 10.3. The van der Waals surface area contributed by atoms with E-state index in [9.17, 15) is 9.59 Å². The normalized spacial score (nSPS) is 10.7. The number of rotatable bonds is 7. The number of hydrogen-bond acceptors (Lipinski definition) is 3. The summed E-state index contributed by atoms with van der Waals surface area (Å²) in [5, 5.41) is 2.85. The van der Waals surface area contributed by atoms with Crippen LogP contribution in [0.5, 0.6) is 0 Å². The van der Waals surface area contributed by atoms with Crippen molar-refractivity contribution < 1.29 is 9.59 Å². The van der Waals surface area contributed by atoms with Crippen LogP contribution in [0.3, 0.4) is 0 Å². The Bertz CT molecular complexity index is 648. The SMILES string of the molecule is CCCC(=O)NCCc1nc2ccccc2n1CC(N)=O. The van der Waals surface area contributed by atoms with Crippen molar-refractivity contribution in [3.8, 4) is 0 Å². The van der Waals surface area contributed by atoms with Gasteiger partial charge in [-0.1, -0.05) is 19.1 Å². The fraction of sp³-hybridized carbons (Fsp3) is 0.400. The highest BCUT2D eigenvalue weighted by Gasteiger charge is 2.12. The van der Waals surface area contributed by atoms with E-state index in [1.165, 1.54) is 0 Å². The van der Waals surface area contributed by atoms with Gasteiger partial charge in [0.15, 0.2) is 0 Å². The quantitative estimate of drug-likeness (QED) is 0.795. The van der Waals surface area contributed by atoms with Crippen molar-refractivity contribution in [1.82, 2.24) is 14.9 Å². The minimum atomic E-state index is -0.408. The molecule has 1 aromatic heterocycles. The van der Waals surface area contributed by atoms with Crippen molar-refractivity contribution in [3.05, 3.63) is 30.1 Å². The van der Waals surface area contributed by atoms with Gasteiger partial charge in [0.05, 0.1) is 11.0 Å². The van der Waals surface area contributed by atoms with E-state index in [2.05, 4.69) is 10.3 Å². The van der Waals surface area contributed by atoms with Gasteiger partial charge in [-0.15, -0.1) is 0 Å². The van der Waals surface area contributed by atoms with Crippen LogP contribution in [0, 0.1) is 0 Å². The van der Waals surface area contributed by atoms with Crippen molar-refractivity contribution in [1.29, 1.82) is 0 Å². The number of para-hydroxylation sites is 2. The number of benzene rings is 1. The lowest BCUT2D eigenvalue weighted by molar-refractivity contribution is -0.121. The Morgan fingerprint density at radius 2 is 2.10 bits per heavy atom. The van der Waals surface area contributed by atoms with Crippen molar-refractivity contribution >= 4 is 22.8 Å². The van der Waals surface area contributed by atoms with Crippen molar-refractivity contribution in [2.45, 2.75) is 32.7 Å². The van der Waals surface area contributed by atoms with Crippen LogP contribution in [0.25, 0.3) is 11.0 Å². The van der Waals surface area contributed by atoms with Crippen molar-refractivity contribution in [2.24, 2.45) is 5.73 Å². The number of carbonyl (C=O) groups excluding carboxylic acids is 2. The van der Waals surface area contributed by atoms with Crippen LogP contribution in [0.4, 0.5) is 0 Å². The summed E-state index contributed by atoms with van der Waals surface area (Å²) < 4.78 is 1.81. The molecule has 2 amide bonds. The molecule has 0 saturated carbocycles. The second kappa shape index (κ2) is 6.88. The molecule has 0 bridgehead atoms. The molecule has 6 nitrogen and oxygen atoms in total. The lowest BCUT2D eigenvalue weighted by Crippen LogP contribution is -2.27. The molecule has 1 heterocycles. The van der Waals surface area contributed by atoms with Crippen molar-refractivity contribution in [3.63, 3.8) is 0 Å². The van der Waals surface area contributed by atoms with Crippen molar-refractivity contribution in [2.75, 3.05) is 6.54 Å². The molecule has 2 rings (SSSR count). The average molecular weight is 288 g/mol. The predicted molar refractivity (Wildman–Crippen MR) is 80.5 cm³/mol. The zero-order valence-corrected chi connectivity index (χ0v) is 12.1. The molecule has 21 heavy (non-hydrogen) atoms. The summed E-state index contributed by atoms with van der Waals surface area (Å²) in [4.78, 5) is 27.2. The molecule has 0 saturated heterocycles. The molecule has 0 spiro atoms. The first kappa shape index (κ1) is 15.0. The molecule has 0 aliphatic heterocycles. The van der Waals surface area contributed by atoms with Gasteiger partial charge in [0, 0.05) is 19.4 Å². The summed E-state index contributed by atoms with van der Waals surface area (Å²) in [6, 6.07) is 7.60. The first-order valence-corrected chi connectivity index (χ1v) is 7.11. The zero-order chi connectivity index (χ0) is 15.2. The largest absolute Gasteiger partial charge is 0.368 e. The number of hydrogen-bond donors (Lipinski definition) is 2. The summed E-state index contributed by atoms with van der Waals surface area (Å²) >= 11 is 0. The number of fused-ring (bicyclic) bond motifs is 1. The third-order valence-corrected chi connectivity index (χ3v) is 3.20. The standard InChI is InChI=1S/C15H20N4O2/c1-2-5-15(21)17-9-8-14-18-11-6-3-4-7-12(11)19(14)10-13(16)20/h3-4,6-7H,2,5,8-10H2,1H3,(H2,16,20)(H,17,21). The first-order chi connectivity index (χ1) is 10.1. The smallest absolute Gasteiger partial charge is 0.237 e. The molecule has 6 heteroatoms.